The second-order valence-electron chi connectivity index (χ2n) is 12.3. The van der Waals surface area contributed by atoms with E-state index in [9.17, 15) is 9.59 Å². The van der Waals surface area contributed by atoms with Gasteiger partial charge in [0.15, 0.2) is 0 Å². The molecule has 212 valence electrons. The van der Waals surface area contributed by atoms with Crippen LogP contribution < -0.4 is 14.4 Å². The maximum absolute atomic E-state index is 12.9. The van der Waals surface area contributed by atoms with Crippen molar-refractivity contribution in [2.75, 3.05) is 0 Å². The standard InChI is InChI=1S/C25H29N4O4.C2H6.3CH3.Sn/c1-15-11-18(14-19(12-15)23(31)33-25(5,6)7)21-28-26-20(27-29-21)16-9-8-10-17(13-16)22(30)32-24(2,3)4;1-2;;;;/h9-14H,1-7H3,(H,26,27)(H,28,29);1-2H3;3*1H3;. The molecular formula is C30H44N4O4Sn. The summed E-state index contributed by atoms with van der Waals surface area (Å²) in [5, 5.41) is 8.97. The minimum absolute atomic E-state index is 0.367. The molecule has 0 saturated heterocycles. The van der Waals surface area contributed by atoms with Crippen molar-refractivity contribution in [3.05, 3.63) is 64.2 Å². The van der Waals surface area contributed by atoms with Crippen LogP contribution >= 0.6 is 0 Å². The fourth-order valence-electron chi connectivity index (χ4n) is 3.55. The summed E-state index contributed by atoms with van der Waals surface area (Å²) in [4.78, 5) is 32.4. The van der Waals surface area contributed by atoms with Crippen LogP contribution in [-0.2, 0) is 9.47 Å². The number of hydrogen-bond acceptors (Lipinski definition) is 8. The van der Waals surface area contributed by atoms with E-state index in [0.717, 1.165) is 11.1 Å². The predicted molar refractivity (Wildman–Crippen MR) is 162 cm³/mol. The van der Waals surface area contributed by atoms with Crippen LogP contribution in [0.4, 0.5) is 0 Å². The number of nitrogens with zero attached hydrogens (tertiary/aromatic N) is 2. The summed E-state index contributed by atoms with van der Waals surface area (Å²) >= 11 is -2.56. The summed E-state index contributed by atoms with van der Waals surface area (Å²) in [7, 11) is 0. The number of carbonyl (C=O) groups excluding carboxylic acids is 2. The molecule has 0 amide bonds. The average Bonchev–Trinajstić information content (AvgIpc) is 2.82. The topological polar surface area (TPSA) is 101 Å². The summed E-state index contributed by atoms with van der Waals surface area (Å²) in [6.45, 7) is 17.0. The van der Waals surface area contributed by atoms with Crippen LogP contribution in [0.25, 0.3) is 0 Å². The zero-order valence-corrected chi connectivity index (χ0v) is 28.3. The van der Waals surface area contributed by atoms with E-state index in [0.29, 0.717) is 28.4 Å². The number of nitrogens with one attached hydrogen (secondary N) is 2. The van der Waals surface area contributed by atoms with Crippen LogP contribution in [0.3, 0.4) is 0 Å². The summed E-state index contributed by atoms with van der Waals surface area (Å²) in [6.07, 6.45) is 0. The van der Waals surface area contributed by atoms with Crippen molar-refractivity contribution in [1.82, 2.24) is 10.9 Å². The van der Waals surface area contributed by atoms with E-state index in [1.165, 1.54) is 3.58 Å². The molecule has 2 aromatic carbocycles. The van der Waals surface area contributed by atoms with Crippen molar-refractivity contribution in [3.8, 4) is 0 Å². The first-order valence-corrected chi connectivity index (χ1v) is 23.3. The van der Waals surface area contributed by atoms with E-state index in [4.69, 9.17) is 9.47 Å². The van der Waals surface area contributed by atoms with E-state index in [2.05, 4.69) is 41.9 Å². The summed E-state index contributed by atoms with van der Waals surface area (Å²) in [5.41, 5.74) is 8.10. The Hall–Kier alpha value is -2.88. The number of hydrazone groups is 2. The van der Waals surface area contributed by atoms with Crippen molar-refractivity contribution in [2.45, 2.75) is 88.3 Å². The van der Waals surface area contributed by atoms with Gasteiger partial charge in [0.05, 0.1) is 0 Å². The van der Waals surface area contributed by atoms with Gasteiger partial charge in [-0.05, 0) is 20.8 Å². The summed E-state index contributed by atoms with van der Waals surface area (Å²) in [6, 6.07) is 11.2. The van der Waals surface area contributed by atoms with Crippen molar-refractivity contribution in [3.63, 3.8) is 0 Å². The second-order valence-corrected chi connectivity index (χ2v) is 26.8. The van der Waals surface area contributed by atoms with Crippen LogP contribution in [0.5, 0.6) is 0 Å². The Balaban J connectivity index is 0.00000260. The zero-order chi connectivity index (χ0) is 29.8. The van der Waals surface area contributed by atoms with Crippen molar-refractivity contribution >= 4 is 45.6 Å². The number of esters is 2. The Morgan fingerprint density at radius 1 is 0.692 bits per heavy atom. The molecule has 2 N–H and O–H groups in total. The van der Waals surface area contributed by atoms with Crippen molar-refractivity contribution < 1.29 is 19.1 Å². The Kier molecular flexibility index (Phi) is 10.4. The Bertz CT molecular complexity index is 1280. The van der Waals surface area contributed by atoms with Gasteiger partial charge in [-0.25, -0.2) is 0 Å². The van der Waals surface area contributed by atoms with Crippen LogP contribution in [0, 0.1) is 6.92 Å². The van der Waals surface area contributed by atoms with E-state index < -0.39 is 35.5 Å². The number of benzene rings is 2. The average molecular weight is 643 g/mol. The van der Waals surface area contributed by atoms with Gasteiger partial charge in [-0.1, -0.05) is 13.8 Å². The van der Waals surface area contributed by atoms with Crippen LogP contribution in [0.15, 0.2) is 46.6 Å². The molecule has 0 aromatic heterocycles. The van der Waals surface area contributed by atoms with Gasteiger partial charge in [0.25, 0.3) is 0 Å². The number of rotatable bonds is 5. The quantitative estimate of drug-likeness (QED) is 0.321. The fraction of sp³-hybridized carbons (Fsp3) is 0.467. The van der Waals surface area contributed by atoms with Gasteiger partial charge in [-0.3, -0.25) is 0 Å². The molecular weight excluding hydrogens is 599 g/mol. The molecule has 0 saturated carbocycles. The molecule has 0 bridgehead atoms. The molecule has 1 aliphatic rings. The maximum atomic E-state index is 12.9. The van der Waals surface area contributed by atoms with Crippen LogP contribution in [0.2, 0.25) is 14.8 Å². The van der Waals surface area contributed by atoms with Gasteiger partial charge in [-0.15, -0.1) is 0 Å². The predicted octanol–water partition coefficient (Wildman–Crippen LogP) is 5.69. The monoisotopic (exact) mass is 644 g/mol. The number of ether oxygens (including phenoxy) is 2. The third-order valence-corrected chi connectivity index (χ3v) is 11.0. The van der Waals surface area contributed by atoms with E-state index >= 15 is 0 Å². The van der Waals surface area contributed by atoms with Gasteiger partial charge < -0.3 is 0 Å². The molecule has 39 heavy (non-hydrogen) atoms. The van der Waals surface area contributed by atoms with Crippen LogP contribution in [-0.4, -0.2) is 53.2 Å². The number of hydrogen-bond donors (Lipinski definition) is 2. The SMILES string of the molecule is CC.Cc1cc(C(=O)OC(C)(C)C)cc(C2=NNC(c3cc(C(=O)OC(C)(C)C)c[c]([Sn]([CH3])([CH3])[CH3])c3)=NN2)c1. The fourth-order valence-corrected chi connectivity index (χ4v) is 6.91. The molecule has 3 rings (SSSR count). The first-order valence-electron chi connectivity index (χ1n) is 13.3. The van der Waals surface area contributed by atoms with E-state index in [1.54, 1.807) is 18.2 Å². The second kappa shape index (κ2) is 12.5. The molecule has 0 atom stereocenters. The molecule has 0 aliphatic carbocycles. The number of amidine groups is 2. The molecule has 1 aliphatic heterocycles. The van der Waals surface area contributed by atoms with Crippen molar-refractivity contribution in [2.24, 2.45) is 10.2 Å². The Morgan fingerprint density at radius 2 is 1.10 bits per heavy atom. The number of aryl methyl sites for hydroxylation is 1. The molecule has 8 nitrogen and oxygen atoms in total. The molecule has 9 heteroatoms. The van der Waals surface area contributed by atoms with Gasteiger partial charge in [0.2, 0.25) is 0 Å². The normalized spacial score (nSPS) is 13.5. The Labute approximate surface area is 237 Å². The van der Waals surface area contributed by atoms with E-state index in [1.807, 2.05) is 74.4 Å². The first-order chi connectivity index (χ1) is 17.9. The zero-order valence-electron chi connectivity index (χ0n) is 25.5. The molecule has 0 unspecified atom stereocenters. The number of carbonyl (C=O) groups is 2. The first kappa shape index (κ1) is 32.3. The third-order valence-electron chi connectivity index (χ3n) is 5.24. The van der Waals surface area contributed by atoms with Gasteiger partial charge in [0.1, 0.15) is 5.60 Å². The molecule has 2 aromatic rings. The minimum atomic E-state index is -2.56. The van der Waals surface area contributed by atoms with Gasteiger partial charge >= 0.3 is 198 Å². The summed E-state index contributed by atoms with van der Waals surface area (Å²) in [5.74, 6) is 0.196. The molecule has 1 heterocycles. The Morgan fingerprint density at radius 3 is 1.49 bits per heavy atom. The molecule has 0 spiro atoms. The van der Waals surface area contributed by atoms with Gasteiger partial charge in [-0.2, -0.15) is 0 Å². The van der Waals surface area contributed by atoms with E-state index in [-0.39, 0.29) is 5.97 Å². The van der Waals surface area contributed by atoms with Crippen molar-refractivity contribution in [1.29, 1.82) is 0 Å². The van der Waals surface area contributed by atoms with Crippen LogP contribution in [0.1, 0.15) is 92.8 Å². The van der Waals surface area contributed by atoms with Gasteiger partial charge in [0, 0.05) is 0 Å². The third kappa shape index (κ3) is 9.67. The summed E-state index contributed by atoms with van der Waals surface area (Å²) < 4.78 is 12.3. The molecule has 0 fully saturated rings. The molecule has 0 radical (unpaired) electrons.